The zero-order valence-corrected chi connectivity index (χ0v) is 16.7. The molecule has 0 bridgehead atoms. The van der Waals surface area contributed by atoms with E-state index in [1.807, 2.05) is 20.8 Å². The maximum Gasteiger partial charge on any atom is 0.294 e. The highest BCUT2D eigenvalue weighted by atomic mass is 35.5. The van der Waals surface area contributed by atoms with Crippen molar-refractivity contribution in [1.29, 1.82) is 0 Å². The van der Waals surface area contributed by atoms with E-state index in [0.29, 0.717) is 19.6 Å². The molecule has 1 heterocycles. The molecule has 1 unspecified atom stereocenters. The number of benzene rings is 1. The lowest BCUT2D eigenvalue weighted by Crippen LogP contribution is -2.30. The molecule has 0 saturated carbocycles. The van der Waals surface area contributed by atoms with Crippen molar-refractivity contribution in [3.8, 4) is 0 Å². The number of aryl methyl sites for hydroxylation is 3. The normalized spacial score (nSPS) is 12.2. The van der Waals surface area contributed by atoms with Gasteiger partial charge in [-0.25, -0.2) is 4.98 Å². The van der Waals surface area contributed by atoms with Gasteiger partial charge in [-0.2, -0.15) is 0 Å². The predicted molar refractivity (Wildman–Crippen MR) is 105 cm³/mol. The summed E-state index contributed by atoms with van der Waals surface area (Å²) in [6.45, 7) is 6.93. The number of hydrogen-bond donors (Lipinski definition) is 1. The lowest BCUT2D eigenvalue weighted by Gasteiger charge is -2.20. The van der Waals surface area contributed by atoms with E-state index in [9.17, 15) is 4.79 Å². The number of ether oxygens (including phenoxy) is 2. The van der Waals surface area contributed by atoms with Crippen LogP contribution in [0.25, 0.3) is 0 Å². The van der Waals surface area contributed by atoms with Gasteiger partial charge in [-0.1, -0.05) is 29.3 Å². The molecule has 0 aliphatic carbocycles. The highest BCUT2D eigenvalue weighted by Crippen LogP contribution is 2.25. The summed E-state index contributed by atoms with van der Waals surface area (Å²) in [4.78, 5) is 17.2. The Kier molecular flexibility index (Phi) is 7.20. The molecule has 0 radical (unpaired) electrons. The number of halogens is 1. The van der Waals surface area contributed by atoms with E-state index in [1.165, 1.54) is 5.56 Å². The van der Waals surface area contributed by atoms with Gasteiger partial charge in [0.1, 0.15) is 5.15 Å². The van der Waals surface area contributed by atoms with Crippen LogP contribution in [-0.2, 0) is 9.47 Å². The molecule has 0 spiro atoms. The smallest absolute Gasteiger partial charge is 0.294 e. The third kappa shape index (κ3) is 4.84. The van der Waals surface area contributed by atoms with Gasteiger partial charge in [-0.3, -0.25) is 4.79 Å². The number of anilines is 2. The molecule has 2 aromatic rings. The van der Waals surface area contributed by atoms with E-state index < -0.39 is 0 Å². The number of nitrogens with zero attached hydrogens (tertiary/aromatic N) is 2. The minimum Gasteiger partial charge on any atom is -0.385 e. The first-order chi connectivity index (χ1) is 12.4. The van der Waals surface area contributed by atoms with E-state index in [-0.39, 0.29) is 22.6 Å². The first-order valence-electron chi connectivity index (χ1n) is 8.48. The molecule has 0 aliphatic heterocycles. The fourth-order valence-electron chi connectivity index (χ4n) is 3.08. The van der Waals surface area contributed by atoms with Crippen LogP contribution in [0.3, 0.4) is 0 Å². The van der Waals surface area contributed by atoms with Gasteiger partial charge < -0.3 is 19.4 Å². The molecular weight excluding hydrogens is 354 g/mol. The van der Waals surface area contributed by atoms with Crippen LogP contribution in [-0.4, -0.2) is 37.0 Å². The molecule has 0 saturated heterocycles. The fourth-order valence-corrected chi connectivity index (χ4v) is 3.27. The van der Waals surface area contributed by atoms with Crippen LogP contribution in [0, 0.1) is 20.8 Å². The van der Waals surface area contributed by atoms with E-state index in [2.05, 4.69) is 22.4 Å². The third-order valence-electron chi connectivity index (χ3n) is 4.23. The molecule has 7 heteroatoms. The van der Waals surface area contributed by atoms with Crippen LogP contribution in [0.4, 0.5) is 11.5 Å². The minimum atomic E-state index is -0.244. The summed E-state index contributed by atoms with van der Waals surface area (Å²) < 4.78 is 12.0. The van der Waals surface area contributed by atoms with Gasteiger partial charge in [0.25, 0.3) is 5.56 Å². The van der Waals surface area contributed by atoms with Crippen LogP contribution in [0.5, 0.6) is 0 Å². The molecule has 26 heavy (non-hydrogen) atoms. The first kappa shape index (κ1) is 20.4. The Morgan fingerprint density at radius 1 is 1.19 bits per heavy atom. The van der Waals surface area contributed by atoms with Crippen molar-refractivity contribution < 1.29 is 9.47 Å². The molecular formula is C19H26ClN3O3. The number of hydrogen-bond acceptors (Lipinski definition) is 5. The maximum absolute atomic E-state index is 13.0. The Hall–Kier alpha value is -1.89. The first-order valence-corrected chi connectivity index (χ1v) is 8.86. The van der Waals surface area contributed by atoms with Crippen molar-refractivity contribution in [3.05, 3.63) is 50.5 Å². The summed E-state index contributed by atoms with van der Waals surface area (Å²) in [7, 11) is 3.23. The molecule has 1 aromatic carbocycles. The van der Waals surface area contributed by atoms with E-state index in [4.69, 9.17) is 21.1 Å². The molecule has 142 valence electrons. The van der Waals surface area contributed by atoms with Gasteiger partial charge in [0.05, 0.1) is 12.6 Å². The number of rotatable bonds is 8. The fraction of sp³-hybridized carbons (Fsp3) is 0.474. The molecule has 1 aromatic heterocycles. The zero-order chi connectivity index (χ0) is 19.3. The van der Waals surface area contributed by atoms with Crippen LogP contribution >= 0.6 is 11.6 Å². The summed E-state index contributed by atoms with van der Waals surface area (Å²) in [5, 5.41) is 3.41. The van der Waals surface area contributed by atoms with Gasteiger partial charge in [-0.05, 0) is 38.3 Å². The molecule has 0 fully saturated rings. The van der Waals surface area contributed by atoms with Gasteiger partial charge in [0.15, 0.2) is 5.82 Å². The lowest BCUT2D eigenvalue weighted by atomic mass is 10.1. The summed E-state index contributed by atoms with van der Waals surface area (Å²) >= 11 is 6.19. The molecule has 6 nitrogen and oxygen atoms in total. The van der Waals surface area contributed by atoms with E-state index in [0.717, 1.165) is 16.8 Å². The average molecular weight is 380 g/mol. The van der Waals surface area contributed by atoms with Crippen LogP contribution < -0.4 is 10.9 Å². The Bertz CT molecular complexity index is 797. The maximum atomic E-state index is 13.0. The van der Waals surface area contributed by atoms with Crippen molar-refractivity contribution in [2.24, 2.45) is 0 Å². The largest absolute Gasteiger partial charge is 0.385 e. The van der Waals surface area contributed by atoms with Gasteiger partial charge in [0.2, 0.25) is 0 Å². The van der Waals surface area contributed by atoms with E-state index in [1.54, 1.807) is 25.0 Å². The summed E-state index contributed by atoms with van der Waals surface area (Å²) in [6.07, 6.45) is 2.18. The van der Waals surface area contributed by atoms with Crippen LogP contribution in [0.1, 0.15) is 29.2 Å². The molecule has 1 atom stereocenters. The summed E-state index contributed by atoms with van der Waals surface area (Å²) in [5.74, 6) is 0.200. The van der Waals surface area contributed by atoms with Crippen molar-refractivity contribution >= 4 is 23.1 Å². The summed E-state index contributed by atoms with van der Waals surface area (Å²) in [6, 6.07) is 3.93. The van der Waals surface area contributed by atoms with Gasteiger partial charge in [0, 0.05) is 32.7 Å². The molecule has 0 amide bonds. The van der Waals surface area contributed by atoms with Crippen molar-refractivity contribution in [2.75, 3.05) is 32.8 Å². The Balaban J connectivity index is 2.45. The van der Waals surface area contributed by atoms with Crippen LogP contribution in [0.15, 0.2) is 23.1 Å². The lowest BCUT2D eigenvalue weighted by molar-refractivity contribution is 0.119. The second kappa shape index (κ2) is 9.16. The SMILES string of the molecule is COCCC(COC)n1cc(Cl)nc(Nc2c(C)cc(C)cc2C)c1=O. The molecule has 2 rings (SSSR count). The van der Waals surface area contributed by atoms with Gasteiger partial charge in [-0.15, -0.1) is 0 Å². The number of nitrogens with one attached hydrogen (secondary N) is 1. The van der Waals surface area contributed by atoms with Crippen molar-refractivity contribution in [3.63, 3.8) is 0 Å². The number of aromatic nitrogens is 2. The Labute approximate surface area is 159 Å². The predicted octanol–water partition coefficient (Wildman–Crippen LogP) is 3.79. The Morgan fingerprint density at radius 2 is 1.85 bits per heavy atom. The average Bonchev–Trinajstić information content (AvgIpc) is 2.57. The quantitative estimate of drug-likeness (QED) is 0.755. The molecule has 0 aliphatic rings. The minimum absolute atomic E-state index is 0.186. The third-order valence-corrected chi connectivity index (χ3v) is 4.41. The highest BCUT2D eigenvalue weighted by molar-refractivity contribution is 6.29. The Morgan fingerprint density at radius 3 is 2.42 bits per heavy atom. The summed E-state index contributed by atoms with van der Waals surface area (Å²) in [5.41, 5.74) is 3.88. The molecule has 1 N–H and O–H groups in total. The second-order valence-electron chi connectivity index (χ2n) is 6.41. The van der Waals surface area contributed by atoms with Crippen LogP contribution in [0.2, 0.25) is 5.15 Å². The highest BCUT2D eigenvalue weighted by Gasteiger charge is 2.17. The zero-order valence-electron chi connectivity index (χ0n) is 15.9. The standard InChI is InChI=1S/C19H26ClN3O3/c1-12-8-13(2)17(14(3)9-12)22-18-19(24)23(10-16(20)21-18)15(11-26-5)6-7-25-4/h8-10,15H,6-7,11H2,1-5H3,(H,21,22). The van der Waals surface area contributed by atoms with E-state index >= 15 is 0 Å². The monoisotopic (exact) mass is 379 g/mol. The van der Waals surface area contributed by atoms with Gasteiger partial charge >= 0.3 is 0 Å². The van der Waals surface area contributed by atoms with Crippen molar-refractivity contribution in [1.82, 2.24) is 9.55 Å². The van der Waals surface area contributed by atoms with Crippen molar-refractivity contribution in [2.45, 2.75) is 33.2 Å². The second-order valence-corrected chi connectivity index (χ2v) is 6.80. The number of methoxy groups -OCH3 is 2. The topological polar surface area (TPSA) is 65.4 Å².